The van der Waals surface area contributed by atoms with Gasteiger partial charge in [-0.05, 0) is 25.0 Å². The number of carbonyl (C=O) groups excluding carboxylic acids is 2. The Hall–Kier alpha value is -2.74. The number of rotatable bonds is 3. The lowest BCUT2D eigenvalue weighted by atomic mass is 9.55. The molecule has 1 aromatic rings. The van der Waals surface area contributed by atoms with E-state index in [1.54, 1.807) is 6.07 Å². The molecule has 1 saturated heterocycles. The van der Waals surface area contributed by atoms with Crippen molar-refractivity contribution in [2.45, 2.75) is 36.9 Å². The van der Waals surface area contributed by atoms with Crippen LogP contribution in [-0.2, 0) is 23.8 Å². The predicted molar refractivity (Wildman–Crippen MR) is 87.5 cm³/mol. The monoisotopic (exact) mass is 359 g/mol. The van der Waals surface area contributed by atoms with Gasteiger partial charge in [0.25, 0.3) is 5.69 Å². The summed E-state index contributed by atoms with van der Waals surface area (Å²) in [5.41, 5.74) is 0.216. The minimum atomic E-state index is -0.749. The number of benzene rings is 1. The highest BCUT2D eigenvalue weighted by atomic mass is 16.6. The Morgan fingerprint density at radius 2 is 1.54 bits per heavy atom. The van der Waals surface area contributed by atoms with Gasteiger partial charge in [0.05, 0.1) is 30.3 Å². The number of hydrogen-bond donors (Lipinski definition) is 0. The highest BCUT2D eigenvalue weighted by Crippen LogP contribution is 2.73. The summed E-state index contributed by atoms with van der Waals surface area (Å²) in [6, 6.07) is 4.49. The summed E-state index contributed by atoms with van der Waals surface area (Å²) in [7, 11) is 2.48. The lowest BCUT2D eigenvalue weighted by molar-refractivity contribution is -0.385. The average molecular weight is 359 g/mol. The Morgan fingerprint density at radius 1 is 1.04 bits per heavy atom. The van der Waals surface area contributed by atoms with Gasteiger partial charge < -0.3 is 14.2 Å². The smallest absolute Gasteiger partial charge is 0.335 e. The number of nitro benzene ring substituents is 1. The highest BCUT2D eigenvalue weighted by molar-refractivity contribution is 6.05. The number of nitro groups is 1. The summed E-state index contributed by atoms with van der Waals surface area (Å²) in [5.74, 6) is -2.48. The SMILES string of the molecule is COC(=O)C1=C(C(=O)OC)[C@H]2c3ccc([N+](=O)[O-])cc3[C@@H]1[C@@]1(C)O[C@@]21C. The first-order chi connectivity index (χ1) is 12.2. The van der Waals surface area contributed by atoms with Gasteiger partial charge in [-0.1, -0.05) is 6.07 Å². The number of methoxy groups -OCH3 is 2. The summed E-state index contributed by atoms with van der Waals surface area (Å²) in [4.78, 5) is 35.8. The third-order valence-electron chi connectivity index (χ3n) is 6.05. The van der Waals surface area contributed by atoms with E-state index < -0.39 is 39.9 Å². The van der Waals surface area contributed by atoms with E-state index in [4.69, 9.17) is 14.2 Å². The van der Waals surface area contributed by atoms with Crippen LogP contribution < -0.4 is 0 Å². The van der Waals surface area contributed by atoms with Gasteiger partial charge >= 0.3 is 11.9 Å². The Bertz CT molecular complexity index is 920. The van der Waals surface area contributed by atoms with Gasteiger partial charge in [-0.25, -0.2) is 9.59 Å². The summed E-state index contributed by atoms with van der Waals surface area (Å²) < 4.78 is 15.9. The molecule has 4 atom stereocenters. The molecule has 5 rings (SSSR count). The van der Waals surface area contributed by atoms with E-state index in [1.165, 1.54) is 26.4 Å². The third kappa shape index (κ3) is 1.72. The maximum absolute atomic E-state index is 12.5. The zero-order valence-corrected chi connectivity index (χ0v) is 14.7. The van der Waals surface area contributed by atoms with Crippen molar-refractivity contribution < 1.29 is 28.7 Å². The van der Waals surface area contributed by atoms with Crippen LogP contribution in [0.15, 0.2) is 29.3 Å². The van der Waals surface area contributed by atoms with Crippen LogP contribution in [0.3, 0.4) is 0 Å². The molecule has 8 nitrogen and oxygen atoms in total. The van der Waals surface area contributed by atoms with Crippen LogP contribution in [-0.4, -0.2) is 42.3 Å². The predicted octanol–water partition coefficient (Wildman–Crippen LogP) is 1.98. The summed E-state index contributed by atoms with van der Waals surface area (Å²) in [6.07, 6.45) is 0. The van der Waals surface area contributed by atoms with E-state index in [1.807, 2.05) is 13.8 Å². The molecule has 0 saturated carbocycles. The quantitative estimate of drug-likeness (QED) is 0.351. The Kier molecular flexibility index (Phi) is 3.16. The molecule has 0 radical (unpaired) electrons. The number of carbonyl (C=O) groups is 2. The lowest BCUT2D eigenvalue weighted by Gasteiger charge is -2.43. The standard InChI is InChI=1S/C18H17NO7/c1-17-13-9-6-5-8(19(22)23)7-10(9)14(18(17,2)26-17)12(16(21)25-4)11(13)15(20)24-3/h5-7,13-14H,1-4H3/t13-,14+,17+,18-/m1/s1. The molecule has 0 N–H and O–H groups in total. The molecule has 2 bridgehead atoms. The first-order valence-corrected chi connectivity index (χ1v) is 8.10. The molecular formula is C18H17NO7. The number of hydrogen-bond acceptors (Lipinski definition) is 7. The van der Waals surface area contributed by atoms with Gasteiger partial charge in [-0.2, -0.15) is 0 Å². The van der Waals surface area contributed by atoms with Crippen LogP contribution in [0.1, 0.15) is 36.8 Å². The molecule has 8 heteroatoms. The summed E-state index contributed by atoms with van der Waals surface area (Å²) in [5, 5.41) is 11.2. The Labute approximate surface area is 148 Å². The molecular weight excluding hydrogens is 342 g/mol. The maximum atomic E-state index is 12.5. The fraction of sp³-hybridized carbons (Fsp3) is 0.444. The first kappa shape index (κ1) is 16.7. The van der Waals surface area contributed by atoms with Gasteiger partial charge in [0, 0.05) is 24.0 Å². The topological polar surface area (TPSA) is 108 Å². The fourth-order valence-corrected chi connectivity index (χ4v) is 4.74. The van der Waals surface area contributed by atoms with E-state index in [0.29, 0.717) is 5.56 Å². The van der Waals surface area contributed by atoms with Crippen LogP contribution in [0.25, 0.3) is 0 Å². The van der Waals surface area contributed by atoms with Crippen LogP contribution in [0.5, 0.6) is 0 Å². The van der Waals surface area contributed by atoms with Gasteiger partial charge in [0.2, 0.25) is 0 Å². The van der Waals surface area contributed by atoms with Crippen molar-refractivity contribution in [3.63, 3.8) is 0 Å². The number of ether oxygens (including phenoxy) is 3. The van der Waals surface area contributed by atoms with Crippen molar-refractivity contribution in [3.8, 4) is 0 Å². The number of epoxide rings is 1. The van der Waals surface area contributed by atoms with Crippen LogP contribution in [0.4, 0.5) is 5.69 Å². The van der Waals surface area contributed by atoms with Crippen molar-refractivity contribution in [2.24, 2.45) is 0 Å². The fourth-order valence-electron chi connectivity index (χ4n) is 4.74. The first-order valence-electron chi connectivity index (χ1n) is 8.10. The highest BCUT2D eigenvalue weighted by Gasteiger charge is 2.79. The molecule has 0 amide bonds. The Balaban J connectivity index is 2.04. The van der Waals surface area contributed by atoms with Crippen molar-refractivity contribution in [3.05, 3.63) is 50.6 Å². The molecule has 4 aliphatic rings. The summed E-state index contributed by atoms with van der Waals surface area (Å²) >= 11 is 0. The zero-order chi connectivity index (χ0) is 19.0. The largest absolute Gasteiger partial charge is 0.466 e. The number of nitrogens with zero attached hydrogens (tertiary/aromatic N) is 1. The molecule has 136 valence electrons. The van der Waals surface area contributed by atoms with E-state index in [9.17, 15) is 19.7 Å². The van der Waals surface area contributed by atoms with Crippen molar-refractivity contribution >= 4 is 17.6 Å². The third-order valence-corrected chi connectivity index (χ3v) is 6.05. The molecule has 26 heavy (non-hydrogen) atoms. The molecule has 0 spiro atoms. The molecule has 0 aromatic heterocycles. The zero-order valence-electron chi connectivity index (χ0n) is 14.7. The number of esters is 2. The molecule has 1 aliphatic heterocycles. The van der Waals surface area contributed by atoms with Gasteiger partial charge in [0.15, 0.2) is 0 Å². The van der Waals surface area contributed by atoms with Crippen LogP contribution in [0, 0.1) is 10.1 Å². The second-order valence-corrected chi connectivity index (χ2v) is 7.06. The molecule has 1 heterocycles. The van der Waals surface area contributed by atoms with Crippen LogP contribution in [0.2, 0.25) is 0 Å². The molecule has 1 aromatic carbocycles. The molecule has 3 aliphatic carbocycles. The second-order valence-electron chi connectivity index (χ2n) is 7.06. The average Bonchev–Trinajstić information content (AvgIpc) is 3.23. The minimum absolute atomic E-state index is 0.0777. The van der Waals surface area contributed by atoms with Gasteiger partial charge in [0.1, 0.15) is 11.2 Å². The number of non-ortho nitro benzene ring substituents is 1. The summed E-state index contributed by atoms with van der Waals surface area (Å²) in [6.45, 7) is 3.73. The normalized spacial score (nSPS) is 33.2. The molecule has 0 unspecified atom stereocenters. The van der Waals surface area contributed by atoms with Crippen molar-refractivity contribution in [2.75, 3.05) is 14.2 Å². The van der Waals surface area contributed by atoms with Gasteiger partial charge in [-0.3, -0.25) is 10.1 Å². The van der Waals surface area contributed by atoms with E-state index >= 15 is 0 Å². The maximum Gasteiger partial charge on any atom is 0.335 e. The van der Waals surface area contributed by atoms with Crippen molar-refractivity contribution in [1.29, 1.82) is 0 Å². The lowest BCUT2D eigenvalue weighted by Crippen LogP contribution is -2.47. The van der Waals surface area contributed by atoms with E-state index in [-0.39, 0.29) is 16.8 Å². The van der Waals surface area contributed by atoms with Crippen molar-refractivity contribution in [1.82, 2.24) is 0 Å². The van der Waals surface area contributed by atoms with Gasteiger partial charge in [-0.15, -0.1) is 0 Å². The van der Waals surface area contributed by atoms with Crippen LogP contribution >= 0.6 is 0 Å². The van der Waals surface area contributed by atoms with E-state index in [2.05, 4.69) is 0 Å². The minimum Gasteiger partial charge on any atom is -0.466 e. The van der Waals surface area contributed by atoms with E-state index in [0.717, 1.165) is 5.56 Å². The Morgan fingerprint density at radius 3 is 2.00 bits per heavy atom. The molecule has 1 fully saturated rings. The second kappa shape index (κ2) is 4.91.